The van der Waals surface area contributed by atoms with Crippen molar-refractivity contribution in [3.8, 4) is 0 Å². The lowest BCUT2D eigenvalue weighted by molar-refractivity contribution is -0.140. The van der Waals surface area contributed by atoms with Gasteiger partial charge in [-0.25, -0.2) is 14.0 Å². The predicted molar refractivity (Wildman–Crippen MR) is 157 cm³/mol. The van der Waals surface area contributed by atoms with E-state index in [0.29, 0.717) is 30.4 Å². The van der Waals surface area contributed by atoms with E-state index in [-0.39, 0.29) is 44.4 Å². The lowest BCUT2D eigenvalue weighted by Gasteiger charge is -2.30. The van der Waals surface area contributed by atoms with Gasteiger partial charge in [-0.1, -0.05) is 37.1 Å². The Kier molecular flexibility index (Phi) is 9.20. The lowest BCUT2D eigenvalue weighted by atomic mass is 10.0. The fourth-order valence-corrected chi connectivity index (χ4v) is 6.34. The van der Waals surface area contributed by atoms with Crippen LogP contribution >= 0.6 is 0 Å². The second-order valence-electron chi connectivity index (χ2n) is 13.4. The minimum absolute atomic E-state index is 0.0143. The number of hydrogen-bond donors (Lipinski definition) is 3. The van der Waals surface area contributed by atoms with Crippen LogP contribution < -0.4 is 10.6 Å². The Hall–Kier alpha value is -3.67. The molecule has 240 valence electrons. The fourth-order valence-electron chi connectivity index (χ4n) is 6.34. The molecule has 1 aliphatic carbocycles. The monoisotopic (exact) mass is 614 g/mol. The number of carbonyl (C=O) groups excluding carboxylic acids is 4. The number of nitrogens with zero attached hydrogens (tertiary/aromatic N) is 2. The fraction of sp³-hybridized carbons (Fsp3) is 0.625. The van der Waals surface area contributed by atoms with Crippen LogP contribution in [0.1, 0.15) is 76.8 Å². The first-order chi connectivity index (χ1) is 20.9. The lowest BCUT2D eigenvalue weighted by Crippen LogP contribution is -2.56. The Balaban J connectivity index is 1.35. The third-order valence-electron chi connectivity index (χ3n) is 8.81. The average molecular weight is 615 g/mol. The number of amides is 4. The van der Waals surface area contributed by atoms with Gasteiger partial charge in [-0.2, -0.15) is 0 Å². The molecule has 4 aliphatic rings. The SMILES string of the molecule is CC(C)(C)OC(=O)N[C@H]1CCCCC/C=C\[C@H]2C[C@]2(CO)NC(=O)[C@@H]2C[C@@H](OC(=O)N3Cc4cccc(F)c4C3)CN2C1=O. The number of allylic oxidation sites excluding steroid dienone is 1. The minimum atomic E-state index is -0.991. The number of carbonyl (C=O) groups is 4. The number of alkyl carbamates (subject to hydrolysis) is 1. The van der Waals surface area contributed by atoms with Gasteiger partial charge in [0.05, 0.1) is 25.2 Å². The van der Waals surface area contributed by atoms with Crippen LogP contribution in [0.5, 0.6) is 0 Å². The Morgan fingerprint density at radius 3 is 2.70 bits per heavy atom. The molecule has 5 rings (SSSR count). The molecular formula is C32H43FN4O7. The van der Waals surface area contributed by atoms with Crippen molar-refractivity contribution in [3.05, 3.63) is 47.3 Å². The van der Waals surface area contributed by atoms with Crippen molar-refractivity contribution in [2.75, 3.05) is 13.2 Å². The van der Waals surface area contributed by atoms with E-state index in [1.54, 1.807) is 32.9 Å². The number of hydrogen-bond acceptors (Lipinski definition) is 7. The summed E-state index contributed by atoms with van der Waals surface area (Å²) in [6.45, 7) is 5.15. The molecule has 5 atom stereocenters. The van der Waals surface area contributed by atoms with E-state index in [4.69, 9.17) is 9.47 Å². The molecule has 3 aliphatic heterocycles. The molecule has 1 aromatic carbocycles. The van der Waals surface area contributed by atoms with Crippen molar-refractivity contribution in [2.45, 2.75) is 108 Å². The molecule has 3 heterocycles. The number of nitrogens with one attached hydrogen (secondary N) is 2. The summed E-state index contributed by atoms with van der Waals surface area (Å²) in [7, 11) is 0. The summed E-state index contributed by atoms with van der Waals surface area (Å²) in [5.74, 6) is -1.33. The first kappa shape index (κ1) is 31.7. The minimum Gasteiger partial charge on any atom is -0.444 e. The highest BCUT2D eigenvalue weighted by atomic mass is 19.1. The third-order valence-corrected chi connectivity index (χ3v) is 8.81. The normalized spacial score (nSPS) is 29.8. The molecule has 1 saturated carbocycles. The van der Waals surface area contributed by atoms with E-state index in [0.717, 1.165) is 19.3 Å². The summed E-state index contributed by atoms with van der Waals surface area (Å²) in [4.78, 5) is 56.4. The molecule has 0 unspecified atom stereocenters. The summed E-state index contributed by atoms with van der Waals surface area (Å²) in [5.41, 5.74) is -0.436. The van der Waals surface area contributed by atoms with Crippen LogP contribution in [0.15, 0.2) is 30.4 Å². The highest BCUT2D eigenvalue weighted by Gasteiger charge is 2.55. The Morgan fingerprint density at radius 1 is 1.18 bits per heavy atom. The Bertz CT molecular complexity index is 1310. The predicted octanol–water partition coefficient (Wildman–Crippen LogP) is 3.53. The molecule has 1 aromatic rings. The molecule has 1 saturated heterocycles. The van der Waals surface area contributed by atoms with Crippen LogP contribution in [0.2, 0.25) is 0 Å². The van der Waals surface area contributed by atoms with Gasteiger partial charge in [-0.15, -0.1) is 0 Å². The molecule has 2 fully saturated rings. The number of aliphatic hydroxyl groups excluding tert-OH is 1. The molecule has 44 heavy (non-hydrogen) atoms. The van der Waals surface area contributed by atoms with Crippen molar-refractivity contribution in [3.63, 3.8) is 0 Å². The van der Waals surface area contributed by atoms with Crippen LogP contribution in [-0.4, -0.2) is 81.4 Å². The van der Waals surface area contributed by atoms with Gasteiger partial charge in [0.15, 0.2) is 0 Å². The van der Waals surface area contributed by atoms with Gasteiger partial charge < -0.3 is 30.1 Å². The largest absolute Gasteiger partial charge is 0.444 e. The van der Waals surface area contributed by atoms with Gasteiger partial charge in [0.25, 0.3) is 0 Å². The van der Waals surface area contributed by atoms with Crippen LogP contribution in [0.4, 0.5) is 14.0 Å². The summed E-state index contributed by atoms with van der Waals surface area (Å²) in [5, 5.41) is 15.9. The van der Waals surface area contributed by atoms with Gasteiger partial charge in [-0.05, 0) is 58.1 Å². The number of rotatable bonds is 3. The summed E-state index contributed by atoms with van der Waals surface area (Å²) in [6, 6.07) is 2.76. The molecule has 3 N–H and O–H groups in total. The van der Waals surface area contributed by atoms with Gasteiger partial charge in [0.2, 0.25) is 11.8 Å². The molecule has 0 radical (unpaired) electrons. The zero-order valence-electron chi connectivity index (χ0n) is 25.6. The molecule has 11 nitrogen and oxygen atoms in total. The smallest absolute Gasteiger partial charge is 0.410 e. The number of benzene rings is 1. The topological polar surface area (TPSA) is 138 Å². The second kappa shape index (κ2) is 12.7. The van der Waals surface area contributed by atoms with E-state index in [2.05, 4.69) is 16.7 Å². The van der Waals surface area contributed by atoms with E-state index >= 15 is 0 Å². The standard InChI is InChI=1S/C32H43FN4O7/c1-31(2,3)44-29(41)34-25-13-8-6-4-5-7-11-21-15-32(21,19-38)35-27(39)26-14-22(17-37(26)28(25)40)43-30(42)36-16-20-10-9-12-24(33)23(20)18-36/h7,9-12,21-22,25-26,38H,4-6,8,13-19H2,1-3H3,(H,34,41)(H,35,39)/b11-7-/t21-,22+,25-,26-,32+/m0/s1. The quantitative estimate of drug-likeness (QED) is 0.443. The Morgan fingerprint density at radius 2 is 1.98 bits per heavy atom. The highest BCUT2D eigenvalue weighted by molar-refractivity contribution is 5.92. The van der Waals surface area contributed by atoms with E-state index < -0.39 is 53.3 Å². The third kappa shape index (κ3) is 7.17. The van der Waals surface area contributed by atoms with Crippen molar-refractivity contribution < 1.29 is 38.1 Å². The van der Waals surface area contributed by atoms with E-state index in [9.17, 15) is 28.7 Å². The summed E-state index contributed by atoms with van der Waals surface area (Å²) < 4.78 is 25.5. The van der Waals surface area contributed by atoms with Gasteiger partial charge in [0, 0.05) is 24.4 Å². The zero-order chi connectivity index (χ0) is 31.6. The van der Waals surface area contributed by atoms with E-state index in [1.807, 2.05) is 6.08 Å². The first-order valence-corrected chi connectivity index (χ1v) is 15.5. The summed E-state index contributed by atoms with van der Waals surface area (Å²) >= 11 is 0. The molecule has 0 spiro atoms. The molecule has 12 heteroatoms. The van der Waals surface area contributed by atoms with Crippen LogP contribution in [0, 0.1) is 11.7 Å². The van der Waals surface area contributed by atoms with Crippen molar-refractivity contribution in [2.24, 2.45) is 5.92 Å². The number of ether oxygens (including phenoxy) is 2. The number of fused-ring (bicyclic) bond motifs is 3. The van der Waals surface area contributed by atoms with Crippen molar-refractivity contribution >= 4 is 24.0 Å². The number of halogens is 1. The molecular weight excluding hydrogens is 571 g/mol. The van der Waals surface area contributed by atoms with Gasteiger partial charge in [0.1, 0.15) is 29.6 Å². The summed E-state index contributed by atoms with van der Waals surface area (Å²) in [6.07, 6.45) is 6.08. The van der Waals surface area contributed by atoms with Crippen molar-refractivity contribution in [1.29, 1.82) is 0 Å². The molecule has 4 amide bonds. The molecule has 0 aromatic heterocycles. The van der Waals surface area contributed by atoms with Gasteiger partial charge in [-0.3, -0.25) is 14.5 Å². The van der Waals surface area contributed by atoms with Crippen LogP contribution in [0.3, 0.4) is 0 Å². The maximum atomic E-state index is 14.3. The van der Waals surface area contributed by atoms with Crippen LogP contribution in [-0.2, 0) is 32.2 Å². The second-order valence-corrected chi connectivity index (χ2v) is 13.4. The highest BCUT2D eigenvalue weighted by Crippen LogP contribution is 2.44. The van der Waals surface area contributed by atoms with E-state index in [1.165, 1.54) is 15.9 Å². The zero-order valence-corrected chi connectivity index (χ0v) is 25.6. The van der Waals surface area contributed by atoms with Gasteiger partial charge >= 0.3 is 12.2 Å². The first-order valence-electron chi connectivity index (χ1n) is 15.5. The van der Waals surface area contributed by atoms with Crippen molar-refractivity contribution in [1.82, 2.24) is 20.4 Å². The molecule has 0 bridgehead atoms. The average Bonchev–Trinajstić information content (AvgIpc) is 3.26. The maximum absolute atomic E-state index is 14.3. The number of aliphatic hydroxyl groups is 1. The van der Waals surface area contributed by atoms with Crippen LogP contribution in [0.25, 0.3) is 0 Å². The Labute approximate surface area is 257 Å². The maximum Gasteiger partial charge on any atom is 0.410 e.